The van der Waals surface area contributed by atoms with Gasteiger partial charge in [-0.3, -0.25) is 9.78 Å². The molecule has 6 nitrogen and oxygen atoms in total. The lowest BCUT2D eigenvalue weighted by atomic mass is 10.2. The van der Waals surface area contributed by atoms with Crippen LogP contribution in [0.2, 0.25) is 0 Å². The van der Waals surface area contributed by atoms with E-state index in [1.165, 1.54) is 0 Å². The van der Waals surface area contributed by atoms with Crippen LogP contribution >= 0.6 is 15.9 Å². The van der Waals surface area contributed by atoms with Crippen molar-refractivity contribution in [1.82, 2.24) is 15.0 Å². The Bertz CT molecular complexity index is 897. The molecule has 0 fully saturated rings. The maximum absolute atomic E-state index is 12.2. The highest BCUT2D eigenvalue weighted by Gasteiger charge is 2.10. The molecule has 0 spiro atoms. The quantitative estimate of drug-likeness (QED) is 0.665. The average molecular weight is 347 g/mol. The fourth-order valence-corrected chi connectivity index (χ4v) is 2.21. The zero-order chi connectivity index (χ0) is 15.0. The van der Waals surface area contributed by atoms with Crippen LogP contribution in [0.5, 0.6) is 0 Å². The number of pyridine rings is 1. The summed E-state index contributed by atoms with van der Waals surface area (Å²) >= 11 is 3.41. The molecule has 7 heteroatoms. The first-order valence-corrected chi connectivity index (χ1v) is 6.99. The van der Waals surface area contributed by atoms with Crippen molar-refractivity contribution < 1.29 is 4.79 Å². The van der Waals surface area contributed by atoms with E-state index in [0.29, 0.717) is 16.9 Å². The van der Waals surface area contributed by atoms with Crippen LogP contribution in [-0.2, 0) is 0 Å². The molecule has 1 aromatic carbocycles. The average Bonchev–Trinajstić information content (AvgIpc) is 2.82. The molecule has 0 unspecified atom stereocenters. The molecule has 0 saturated heterocycles. The van der Waals surface area contributed by atoms with Gasteiger partial charge in [0.15, 0.2) is 5.65 Å². The maximum atomic E-state index is 12.2. The highest BCUT2D eigenvalue weighted by atomic mass is 79.9. The normalized spacial score (nSPS) is 10.8. The van der Waals surface area contributed by atoms with Gasteiger partial charge in [0.1, 0.15) is 5.69 Å². The van der Waals surface area contributed by atoms with Gasteiger partial charge in [0.05, 0.1) is 5.52 Å². The fraction of sp³-hybridized carbons (Fsp3) is 0.0714. The Morgan fingerprint density at radius 1 is 1.24 bits per heavy atom. The highest BCUT2D eigenvalue weighted by Crippen LogP contribution is 2.20. The van der Waals surface area contributed by atoms with Gasteiger partial charge in [-0.15, -0.1) is 0 Å². The van der Waals surface area contributed by atoms with E-state index >= 15 is 0 Å². The topological polar surface area (TPSA) is 90.6 Å². The second-order valence-corrected chi connectivity index (χ2v) is 5.44. The van der Waals surface area contributed by atoms with Crippen LogP contribution in [0, 0.1) is 6.92 Å². The zero-order valence-electron chi connectivity index (χ0n) is 11.0. The number of amides is 1. The van der Waals surface area contributed by atoms with Crippen LogP contribution in [0.4, 0.5) is 5.69 Å². The summed E-state index contributed by atoms with van der Waals surface area (Å²) in [6.45, 7) is 1.94. The Morgan fingerprint density at radius 3 is 2.81 bits per heavy atom. The number of H-pyrrole nitrogens is 2. The molecule has 3 N–H and O–H groups in total. The number of anilines is 1. The summed E-state index contributed by atoms with van der Waals surface area (Å²) in [6, 6.07) is 8.73. The molecule has 0 aliphatic rings. The van der Waals surface area contributed by atoms with Crippen molar-refractivity contribution in [2.45, 2.75) is 6.92 Å². The molecule has 3 aromatic rings. The number of aryl methyl sites for hydroxylation is 1. The number of benzene rings is 1. The third-order valence-electron chi connectivity index (χ3n) is 3.02. The van der Waals surface area contributed by atoms with Crippen molar-refractivity contribution >= 4 is 38.7 Å². The van der Waals surface area contributed by atoms with Gasteiger partial charge in [-0.1, -0.05) is 15.9 Å². The number of imidazole rings is 1. The zero-order valence-corrected chi connectivity index (χ0v) is 12.6. The van der Waals surface area contributed by atoms with Crippen LogP contribution in [-0.4, -0.2) is 20.9 Å². The molecule has 1 amide bonds. The van der Waals surface area contributed by atoms with E-state index in [2.05, 4.69) is 36.2 Å². The summed E-state index contributed by atoms with van der Waals surface area (Å²) in [5.41, 5.74) is 2.52. The minimum Gasteiger partial charge on any atom is -0.321 e. The summed E-state index contributed by atoms with van der Waals surface area (Å²) in [4.78, 5) is 32.6. The largest absolute Gasteiger partial charge is 0.325 e. The maximum Gasteiger partial charge on any atom is 0.325 e. The molecular weight excluding hydrogens is 336 g/mol. The van der Waals surface area contributed by atoms with Crippen LogP contribution < -0.4 is 11.0 Å². The van der Waals surface area contributed by atoms with Gasteiger partial charge in [-0.2, -0.15) is 0 Å². The molecule has 0 aliphatic heterocycles. The number of rotatable bonds is 2. The Labute approximate surface area is 127 Å². The van der Waals surface area contributed by atoms with Gasteiger partial charge in [-0.25, -0.2) is 9.78 Å². The minimum absolute atomic E-state index is 0.235. The smallest absolute Gasteiger partial charge is 0.321 e. The number of aromatic nitrogens is 3. The first-order chi connectivity index (χ1) is 10.0. The van der Waals surface area contributed by atoms with E-state index in [4.69, 9.17) is 0 Å². The molecule has 21 heavy (non-hydrogen) atoms. The van der Waals surface area contributed by atoms with Crippen LogP contribution in [0.25, 0.3) is 11.2 Å². The predicted molar refractivity (Wildman–Crippen MR) is 83.5 cm³/mol. The van der Waals surface area contributed by atoms with Gasteiger partial charge in [0, 0.05) is 10.2 Å². The van der Waals surface area contributed by atoms with Gasteiger partial charge in [0.2, 0.25) is 0 Å². The molecule has 2 heterocycles. The predicted octanol–water partition coefficient (Wildman–Crippen LogP) is 2.57. The molecule has 0 bridgehead atoms. The highest BCUT2D eigenvalue weighted by molar-refractivity contribution is 9.10. The van der Waals surface area contributed by atoms with Crippen LogP contribution in [0.15, 0.2) is 39.6 Å². The summed E-state index contributed by atoms with van der Waals surface area (Å²) in [6.07, 6.45) is 0. The standard InChI is InChI=1S/C14H11BrN4O2/c1-7-6-8(2-3-9(7)15)16-13(20)11-5-4-10-12(17-11)19-14(21)18-10/h2-6H,1H3,(H,16,20)(H2,17,18,19,21). The number of fused-ring (bicyclic) bond motifs is 1. The number of hydrogen-bond acceptors (Lipinski definition) is 3. The van der Waals surface area contributed by atoms with Crippen molar-refractivity contribution in [1.29, 1.82) is 0 Å². The number of halogens is 1. The number of nitrogens with one attached hydrogen (secondary N) is 3. The fourth-order valence-electron chi connectivity index (χ4n) is 1.96. The van der Waals surface area contributed by atoms with Gasteiger partial charge < -0.3 is 10.3 Å². The van der Waals surface area contributed by atoms with Crippen molar-refractivity contribution in [2.75, 3.05) is 5.32 Å². The molecule has 0 aliphatic carbocycles. The van der Waals surface area contributed by atoms with Gasteiger partial charge in [-0.05, 0) is 42.8 Å². The van der Waals surface area contributed by atoms with Crippen LogP contribution in [0.3, 0.4) is 0 Å². The molecule has 0 atom stereocenters. The minimum atomic E-state index is -0.349. The SMILES string of the molecule is Cc1cc(NC(=O)c2ccc3[nH]c(=O)[nH]c3n2)ccc1Br. The Morgan fingerprint density at radius 2 is 2.05 bits per heavy atom. The molecule has 3 rings (SSSR count). The van der Waals surface area contributed by atoms with Gasteiger partial charge >= 0.3 is 5.69 Å². The second kappa shape index (κ2) is 5.17. The number of carbonyl (C=O) groups is 1. The van der Waals surface area contributed by atoms with Crippen LogP contribution in [0.1, 0.15) is 16.1 Å². The lowest BCUT2D eigenvalue weighted by molar-refractivity contribution is 0.102. The van der Waals surface area contributed by atoms with E-state index in [-0.39, 0.29) is 17.3 Å². The summed E-state index contributed by atoms with van der Waals surface area (Å²) in [7, 11) is 0. The summed E-state index contributed by atoms with van der Waals surface area (Å²) in [5.74, 6) is -0.333. The lowest BCUT2D eigenvalue weighted by Crippen LogP contribution is -2.13. The van der Waals surface area contributed by atoms with Crippen molar-refractivity contribution in [3.63, 3.8) is 0 Å². The lowest BCUT2D eigenvalue weighted by Gasteiger charge is -2.06. The number of nitrogens with zero attached hydrogens (tertiary/aromatic N) is 1. The molecule has 2 aromatic heterocycles. The van der Waals surface area contributed by atoms with E-state index in [9.17, 15) is 9.59 Å². The third kappa shape index (κ3) is 2.73. The number of aromatic amines is 2. The second-order valence-electron chi connectivity index (χ2n) is 4.59. The first-order valence-electron chi connectivity index (χ1n) is 6.19. The first kappa shape index (κ1) is 13.6. The summed E-state index contributed by atoms with van der Waals surface area (Å²) < 4.78 is 0.977. The monoisotopic (exact) mass is 346 g/mol. The third-order valence-corrected chi connectivity index (χ3v) is 3.91. The van der Waals surface area contributed by atoms with Crippen molar-refractivity contribution in [3.05, 3.63) is 56.5 Å². The molecule has 0 saturated carbocycles. The van der Waals surface area contributed by atoms with E-state index < -0.39 is 0 Å². The van der Waals surface area contributed by atoms with E-state index in [1.54, 1.807) is 18.2 Å². The Hall–Kier alpha value is -2.41. The Balaban J connectivity index is 1.89. The van der Waals surface area contributed by atoms with Gasteiger partial charge in [0.25, 0.3) is 5.91 Å². The van der Waals surface area contributed by atoms with Crippen molar-refractivity contribution in [2.24, 2.45) is 0 Å². The molecular formula is C14H11BrN4O2. The van der Waals surface area contributed by atoms with Crippen molar-refractivity contribution in [3.8, 4) is 0 Å². The number of hydrogen-bond donors (Lipinski definition) is 3. The molecule has 106 valence electrons. The van der Waals surface area contributed by atoms with E-state index in [1.807, 2.05) is 19.1 Å². The number of carbonyl (C=O) groups excluding carboxylic acids is 1. The summed E-state index contributed by atoms with van der Waals surface area (Å²) in [5, 5.41) is 2.77. The Kier molecular flexibility index (Phi) is 3.34. The van der Waals surface area contributed by atoms with E-state index in [0.717, 1.165) is 10.0 Å². The molecule has 0 radical (unpaired) electrons.